The molecule has 0 fully saturated rings. The van der Waals surface area contributed by atoms with Gasteiger partial charge in [0.05, 0.1) is 10.9 Å². The molecule has 0 bridgehead atoms. The van der Waals surface area contributed by atoms with Gasteiger partial charge >= 0.3 is 0 Å². The van der Waals surface area contributed by atoms with Gasteiger partial charge in [0.25, 0.3) is 5.56 Å². The van der Waals surface area contributed by atoms with Crippen molar-refractivity contribution >= 4 is 23.1 Å². The van der Waals surface area contributed by atoms with E-state index in [4.69, 9.17) is 12.2 Å². The highest BCUT2D eigenvalue weighted by Gasteiger charge is 1.99. The second-order valence-electron chi connectivity index (χ2n) is 2.60. The average molecular weight is 196 g/mol. The highest BCUT2D eigenvalue weighted by atomic mass is 32.1. The Morgan fingerprint density at radius 2 is 2.08 bits per heavy atom. The highest BCUT2D eigenvalue weighted by Crippen LogP contribution is 2.07. The number of halogens is 1. The van der Waals surface area contributed by atoms with E-state index in [0.717, 1.165) is 0 Å². The standard InChI is InChI=1S/C8H5FN2OS/c9-4-1-2-5-6(3-4)10-8(13)11-7(5)12/h1-3H,(H2,10,11,12,13). The van der Waals surface area contributed by atoms with E-state index >= 15 is 0 Å². The third-order valence-corrected chi connectivity index (χ3v) is 1.91. The second kappa shape index (κ2) is 2.77. The van der Waals surface area contributed by atoms with E-state index < -0.39 is 5.82 Å². The maximum atomic E-state index is 12.7. The molecule has 0 spiro atoms. The Hall–Kier alpha value is -1.49. The summed E-state index contributed by atoms with van der Waals surface area (Å²) < 4.78 is 12.9. The number of aromatic amines is 2. The fourth-order valence-electron chi connectivity index (χ4n) is 1.14. The van der Waals surface area contributed by atoms with E-state index in [0.29, 0.717) is 10.9 Å². The summed E-state index contributed by atoms with van der Waals surface area (Å²) in [4.78, 5) is 16.4. The first kappa shape index (κ1) is 8.12. The summed E-state index contributed by atoms with van der Waals surface area (Å²) in [5.41, 5.74) is 0.104. The van der Waals surface area contributed by atoms with Gasteiger partial charge in [0.15, 0.2) is 4.77 Å². The van der Waals surface area contributed by atoms with Crippen molar-refractivity contribution in [1.82, 2.24) is 9.97 Å². The van der Waals surface area contributed by atoms with Crippen molar-refractivity contribution in [3.05, 3.63) is 39.1 Å². The molecule has 3 nitrogen and oxygen atoms in total. The van der Waals surface area contributed by atoms with Gasteiger partial charge in [-0.3, -0.25) is 9.78 Å². The quantitative estimate of drug-likeness (QED) is 0.630. The fraction of sp³-hybridized carbons (Fsp3) is 0. The second-order valence-corrected chi connectivity index (χ2v) is 3.01. The number of aromatic nitrogens is 2. The predicted octanol–water partition coefficient (Wildman–Crippen LogP) is 1.72. The van der Waals surface area contributed by atoms with Crippen molar-refractivity contribution in [1.29, 1.82) is 0 Å². The van der Waals surface area contributed by atoms with Crippen LogP contribution < -0.4 is 5.56 Å². The van der Waals surface area contributed by atoms with Crippen LogP contribution in [0.3, 0.4) is 0 Å². The van der Waals surface area contributed by atoms with Crippen LogP contribution in [0.15, 0.2) is 23.0 Å². The smallest absolute Gasteiger partial charge is 0.259 e. The molecular weight excluding hydrogens is 191 g/mol. The number of rotatable bonds is 0. The van der Waals surface area contributed by atoms with Gasteiger partial charge in [0, 0.05) is 0 Å². The van der Waals surface area contributed by atoms with Crippen LogP contribution in [0.1, 0.15) is 0 Å². The summed E-state index contributed by atoms with van der Waals surface area (Å²) >= 11 is 4.74. The normalized spacial score (nSPS) is 10.5. The van der Waals surface area contributed by atoms with E-state index in [-0.39, 0.29) is 10.3 Å². The molecule has 0 aliphatic heterocycles. The molecule has 2 rings (SSSR count). The van der Waals surface area contributed by atoms with Crippen molar-refractivity contribution in [3.63, 3.8) is 0 Å². The van der Waals surface area contributed by atoms with Gasteiger partial charge in [-0.25, -0.2) is 4.39 Å². The molecule has 2 N–H and O–H groups in total. The van der Waals surface area contributed by atoms with Gasteiger partial charge in [-0.1, -0.05) is 0 Å². The van der Waals surface area contributed by atoms with E-state index in [1.165, 1.54) is 18.2 Å². The summed E-state index contributed by atoms with van der Waals surface area (Å²) in [6.45, 7) is 0. The maximum Gasteiger partial charge on any atom is 0.259 e. The predicted molar refractivity (Wildman–Crippen MR) is 49.7 cm³/mol. The van der Waals surface area contributed by atoms with E-state index in [1.807, 2.05) is 0 Å². The Morgan fingerprint density at radius 1 is 1.31 bits per heavy atom. The van der Waals surface area contributed by atoms with Gasteiger partial charge in [0.2, 0.25) is 0 Å². The van der Waals surface area contributed by atoms with Crippen LogP contribution in [0.2, 0.25) is 0 Å². The summed E-state index contributed by atoms with van der Waals surface area (Å²) in [7, 11) is 0. The van der Waals surface area contributed by atoms with Crippen molar-refractivity contribution in [3.8, 4) is 0 Å². The first-order valence-corrected chi connectivity index (χ1v) is 3.99. The van der Waals surface area contributed by atoms with E-state index in [9.17, 15) is 9.18 Å². The van der Waals surface area contributed by atoms with Gasteiger partial charge in [-0.15, -0.1) is 0 Å². The molecule has 0 unspecified atom stereocenters. The van der Waals surface area contributed by atoms with Gasteiger partial charge in [-0.2, -0.15) is 0 Å². The highest BCUT2D eigenvalue weighted by molar-refractivity contribution is 7.71. The Labute approximate surface area is 77.2 Å². The molecule has 0 aliphatic carbocycles. The van der Waals surface area contributed by atoms with Crippen LogP contribution in [-0.2, 0) is 0 Å². The molecule has 1 heterocycles. The molecule has 0 amide bonds. The minimum absolute atomic E-state index is 0.197. The molecule has 0 saturated heterocycles. The number of hydrogen-bond acceptors (Lipinski definition) is 2. The zero-order valence-corrected chi connectivity index (χ0v) is 7.24. The van der Waals surface area contributed by atoms with E-state index in [1.54, 1.807) is 0 Å². The Morgan fingerprint density at radius 3 is 2.85 bits per heavy atom. The number of hydrogen-bond donors (Lipinski definition) is 2. The lowest BCUT2D eigenvalue weighted by Crippen LogP contribution is -2.07. The van der Waals surface area contributed by atoms with Crippen molar-refractivity contribution in [2.45, 2.75) is 0 Å². The lowest BCUT2D eigenvalue weighted by Gasteiger charge is -1.95. The molecule has 13 heavy (non-hydrogen) atoms. The Kier molecular flexibility index (Phi) is 1.73. The zero-order chi connectivity index (χ0) is 9.42. The maximum absolute atomic E-state index is 12.7. The van der Waals surface area contributed by atoms with Crippen LogP contribution in [0.4, 0.5) is 4.39 Å². The van der Waals surface area contributed by atoms with Gasteiger partial charge in [-0.05, 0) is 30.4 Å². The van der Waals surface area contributed by atoms with Crippen LogP contribution in [-0.4, -0.2) is 9.97 Å². The molecule has 0 aliphatic rings. The third-order valence-electron chi connectivity index (χ3n) is 1.70. The molecule has 0 atom stereocenters. The van der Waals surface area contributed by atoms with E-state index in [2.05, 4.69) is 9.97 Å². The van der Waals surface area contributed by atoms with Crippen LogP contribution in [0.25, 0.3) is 10.9 Å². The molecular formula is C8H5FN2OS. The van der Waals surface area contributed by atoms with Crippen LogP contribution in [0, 0.1) is 10.6 Å². The molecule has 66 valence electrons. The summed E-state index contributed by atoms with van der Waals surface area (Å²) in [6, 6.07) is 3.88. The first-order valence-electron chi connectivity index (χ1n) is 3.59. The minimum Gasteiger partial charge on any atom is -0.332 e. The number of nitrogens with one attached hydrogen (secondary N) is 2. The third kappa shape index (κ3) is 1.38. The number of benzene rings is 1. The monoisotopic (exact) mass is 196 g/mol. The SMILES string of the molecule is O=c1[nH]c(=S)[nH]c2cc(F)ccc12. The van der Waals surface area contributed by atoms with Gasteiger partial charge < -0.3 is 4.98 Å². The lowest BCUT2D eigenvalue weighted by atomic mass is 10.2. The largest absolute Gasteiger partial charge is 0.332 e. The zero-order valence-electron chi connectivity index (χ0n) is 6.43. The lowest BCUT2D eigenvalue weighted by molar-refractivity contribution is 0.629. The molecule has 5 heteroatoms. The first-order chi connectivity index (χ1) is 6.16. The molecule has 0 saturated carbocycles. The number of H-pyrrole nitrogens is 2. The summed E-state index contributed by atoms with van der Waals surface area (Å²) in [6.07, 6.45) is 0. The molecule has 0 radical (unpaired) electrons. The Balaban J connectivity index is 3.03. The number of fused-ring (bicyclic) bond motifs is 1. The average Bonchev–Trinajstić information content (AvgIpc) is 2.02. The van der Waals surface area contributed by atoms with Crippen LogP contribution in [0.5, 0.6) is 0 Å². The Bertz CT molecular complexity index is 572. The topological polar surface area (TPSA) is 48.6 Å². The van der Waals surface area contributed by atoms with Crippen LogP contribution >= 0.6 is 12.2 Å². The minimum atomic E-state index is -0.399. The van der Waals surface area contributed by atoms with Crippen molar-refractivity contribution in [2.75, 3.05) is 0 Å². The van der Waals surface area contributed by atoms with Crippen molar-refractivity contribution < 1.29 is 4.39 Å². The summed E-state index contributed by atoms with van der Waals surface area (Å²) in [5, 5.41) is 0.398. The molecule has 2 aromatic rings. The fourth-order valence-corrected chi connectivity index (χ4v) is 1.34. The van der Waals surface area contributed by atoms with Crippen molar-refractivity contribution in [2.24, 2.45) is 0 Å². The van der Waals surface area contributed by atoms with Gasteiger partial charge in [0.1, 0.15) is 5.82 Å². The molecule has 1 aromatic heterocycles. The molecule has 1 aromatic carbocycles. The summed E-state index contributed by atoms with van der Waals surface area (Å²) in [5.74, 6) is -0.399.